The van der Waals surface area contributed by atoms with Crippen LogP contribution in [0.4, 0.5) is 4.79 Å². The van der Waals surface area contributed by atoms with Crippen LogP contribution >= 0.6 is 11.8 Å². The molecule has 2 aliphatic heterocycles. The zero-order valence-electron chi connectivity index (χ0n) is 17.4. The highest BCUT2D eigenvalue weighted by molar-refractivity contribution is 8.14. The summed E-state index contributed by atoms with van der Waals surface area (Å²) in [5.74, 6) is -1.41. The van der Waals surface area contributed by atoms with Gasteiger partial charge in [0.1, 0.15) is 6.10 Å². The topological polar surface area (TPSA) is 84.9 Å². The molecule has 0 aromatic heterocycles. The van der Waals surface area contributed by atoms with E-state index < -0.39 is 17.9 Å². The van der Waals surface area contributed by atoms with Gasteiger partial charge in [0.15, 0.2) is 5.79 Å². The number of esters is 1. The van der Waals surface area contributed by atoms with Gasteiger partial charge < -0.3 is 19.9 Å². The largest absolute Gasteiger partial charge is 0.459 e. The van der Waals surface area contributed by atoms with E-state index in [1.54, 1.807) is 6.08 Å². The van der Waals surface area contributed by atoms with E-state index in [2.05, 4.69) is 19.2 Å². The molecule has 2 heterocycles. The molecule has 1 amide bonds. The summed E-state index contributed by atoms with van der Waals surface area (Å²) in [4.78, 5) is 23.9. The third kappa shape index (κ3) is 7.08. The fourth-order valence-corrected chi connectivity index (χ4v) is 4.64. The van der Waals surface area contributed by atoms with Crippen molar-refractivity contribution < 1.29 is 24.2 Å². The first-order chi connectivity index (χ1) is 13.4. The van der Waals surface area contributed by atoms with Gasteiger partial charge in [0.2, 0.25) is 0 Å². The van der Waals surface area contributed by atoms with Crippen molar-refractivity contribution in [1.29, 1.82) is 0 Å². The predicted molar refractivity (Wildman–Crippen MR) is 111 cm³/mol. The number of allylic oxidation sites excluding steroid dienone is 1. The van der Waals surface area contributed by atoms with Crippen molar-refractivity contribution in [2.45, 2.75) is 103 Å². The van der Waals surface area contributed by atoms with E-state index in [0.717, 1.165) is 62.3 Å². The molecular weight excluding hydrogens is 378 g/mol. The van der Waals surface area contributed by atoms with E-state index in [4.69, 9.17) is 9.47 Å². The second-order valence-electron chi connectivity index (χ2n) is 7.97. The lowest BCUT2D eigenvalue weighted by Crippen LogP contribution is -2.58. The molecule has 2 aliphatic rings. The Labute approximate surface area is 172 Å². The molecule has 0 aliphatic carbocycles. The van der Waals surface area contributed by atoms with Crippen molar-refractivity contribution in [2.75, 3.05) is 5.75 Å². The number of hydrogen-bond donors (Lipinski definition) is 2. The molecule has 2 fully saturated rings. The predicted octanol–water partition coefficient (Wildman–Crippen LogP) is 4.31. The zero-order valence-corrected chi connectivity index (χ0v) is 18.2. The smallest absolute Gasteiger partial charge is 0.330 e. The third-order valence-corrected chi connectivity index (χ3v) is 6.22. The maximum absolute atomic E-state index is 12.3. The van der Waals surface area contributed by atoms with Crippen LogP contribution in [0.2, 0.25) is 0 Å². The molecule has 28 heavy (non-hydrogen) atoms. The molecule has 2 rings (SSSR count). The Bertz CT molecular complexity index is 567. The van der Waals surface area contributed by atoms with Crippen molar-refractivity contribution in [3.8, 4) is 0 Å². The number of unbranched alkanes of at least 4 members (excludes halogenated alkanes) is 3. The molecule has 0 spiro atoms. The molecule has 0 radical (unpaired) electrons. The normalized spacial score (nSPS) is 30.9. The summed E-state index contributed by atoms with van der Waals surface area (Å²) in [7, 11) is 0. The Morgan fingerprint density at radius 3 is 2.75 bits per heavy atom. The Kier molecular flexibility index (Phi) is 9.31. The van der Waals surface area contributed by atoms with Crippen LogP contribution in [0.15, 0.2) is 11.6 Å². The van der Waals surface area contributed by atoms with Gasteiger partial charge in [0.05, 0.1) is 12.1 Å². The number of amides is 1. The van der Waals surface area contributed by atoms with Crippen LogP contribution in [0, 0.1) is 0 Å². The highest BCUT2D eigenvalue weighted by atomic mass is 32.2. The Balaban J connectivity index is 2.02. The van der Waals surface area contributed by atoms with E-state index in [9.17, 15) is 14.7 Å². The molecule has 0 aromatic rings. The summed E-state index contributed by atoms with van der Waals surface area (Å²) < 4.78 is 11.7. The van der Waals surface area contributed by atoms with Gasteiger partial charge in [0.25, 0.3) is 5.24 Å². The van der Waals surface area contributed by atoms with Crippen molar-refractivity contribution in [1.82, 2.24) is 5.32 Å². The van der Waals surface area contributed by atoms with Crippen LogP contribution in [0.5, 0.6) is 0 Å². The first kappa shape index (κ1) is 23.2. The van der Waals surface area contributed by atoms with Gasteiger partial charge in [0, 0.05) is 24.7 Å². The fourth-order valence-electron chi connectivity index (χ4n) is 3.76. The molecule has 160 valence electrons. The van der Waals surface area contributed by atoms with Crippen molar-refractivity contribution in [3.63, 3.8) is 0 Å². The SMILES string of the molecule is CCCCC[C@@H]1C[C@@H](OC(=O)C=C(C)CCCC)C[C@](O)([C@@H]2CSC(=O)N2)O1. The Hall–Kier alpha value is -1.05. The van der Waals surface area contributed by atoms with Crippen molar-refractivity contribution >= 4 is 23.0 Å². The van der Waals surface area contributed by atoms with Crippen LogP contribution in [0.1, 0.15) is 78.6 Å². The van der Waals surface area contributed by atoms with E-state index in [0.29, 0.717) is 12.2 Å². The summed E-state index contributed by atoms with van der Waals surface area (Å²) in [5, 5.41) is 13.8. The summed E-state index contributed by atoms with van der Waals surface area (Å²) >= 11 is 1.14. The molecule has 2 saturated heterocycles. The maximum atomic E-state index is 12.3. The van der Waals surface area contributed by atoms with Crippen LogP contribution in [0.25, 0.3) is 0 Å². The van der Waals surface area contributed by atoms with Crippen LogP contribution < -0.4 is 5.32 Å². The van der Waals surface area contributed by atoms with Crippen LogP contribution in [-0.4, -0.2) is 46.1 Å². The van der Waals surface area contributed by atoms with Gasteiger partial charge in [-0.2, -0.15) is 0 Å². The lowest BCUT2D eigenvalue weighted by atomic mass is 9.91. The van der Waals surface area contributed by atoms with Crippen LogP contribution in [-0.2, 0) is 14.3 Å². The number of hydrogen-bond acceptors (Lipinski definition) is 6. The second-order valence-corrected chi connectivity index (χ2v) is 8.96. The highest BCUT2D eigenvalue weighted by Gasteiger charge is 2.49. The second kappa shape index (κ2) is 11.2. The van der Waals surface area contributed by atoms with E-state index in [1.165, 1.54) is 0 Å². The third-order valence-electron chi connectivity index (χ3n) is 5.34. The molecule has 0 saturated carbocycles. The monoisotopic (exact) mass is 413 g/mol. The average molecular weight is 414 g/mol. The van der Waals surface area contributed by atoms with Gasteiger partial charge in [-0.05, 0) is 26.2 Å². The quantitative estimate of drug-likeness (QED) is 0.315. The number of nitrogens with one attached hydrogen (secondary N) is 1. The highest BCUT2D eigenvalue weighted by Crippen LogP contribution is 2.36. The standard InChI is InChI=1S/C21H35NO5S/c1-4-6-8-10-16-12-17(26-19(23)11-15(3)9-7-5-2)13-21(25,27-16)18-14-28-20(24)22-18/h11,16-18,25H,4-10,12-14H2,1-3H3,(H,22,24)/t16-,17-,18+,21-/m1/s1. The number of aliphatic hydroxyl groups is 1. The summed E-state index contributed by atoms with van der Waals surface area (Å²) in [6.45, 7) is 6.20. The van der Waals surface area contributed by atoms with E-state index in [1.807, 2.05) is 6.92 Å². The minimum atomic E-state index is -1.50. The summed E-state index contributed by atoms with van der Waals surface area (Å²) in [6, 6.07) is -0.484. The number of rotatable bonds is 10. The first-order valence-corrected chi connectivity index (χ1v) is 11.6. The molecule has 0 unspecified atom stereocenters. The first-order valence-electron chi connectivity index (χ1n) is 10.6. The van der Waals surface area contributed by atoms with E-state index in [-0.39, 0.29) is 23.7 Å². The van der Waals surface area contributed by atoms with Gasteiger partial charge >= 0.3 is 5.97 Å². The molecule has 2 N–H and O–H groups in total. The van der Waals surface area contributed by atoms with Gasteiger partial charge in [-0.15, -0.1) is 0 Å². The number of thioether (sulfide) groups is 1. The minimum Gasteiger partial charge on any atom is -0.459 e. The van der Waals surface area contributed by atoms with E-state index >= 15 is 0 Å². The average Bonchev–Trinajstić information content (AvgIpc) is 3.07. The number of carbonyl (C=O) groups excluding carboxylic acids is 2. The van der Waals surface area contributed by atoms with Gasteiger partial charge in [-0.25, -0.2) is 4.79 Å². The lowest BCUT2D eigenvalue weighted by molar-refractivity contribution is -0.283. The lowest BCUT2D eigenvalue weighted by Gasteiger charge is -2.43. The minimum absolute atomic E-state index is 0.154. The molecular formula is C21H35NO5S. The number of carbonyl (C=O) groups is 2. The summed E-state index contributed by atoms with van der Waals surface area (Å²) in [6.07, 6.45) is 8.73. The van der Waals surface area contributed by atoms with Crippen molar-refractivity contribution in [3.05, 3.63) is 11.6 Å². The molecule has 0 aromatic carbocycles. The molecule has 6 nitrogen and oxygen atoms in total. The fraction of sp³-hybridized carbons (Fsp3) is 0.810. The molecule has 0 bridgehead atoms. The molecule has 4 atom stereocenters. The molecule has 7 heteroatoms. The van der Waals surface area contributed by atoms with Crippen LogP contribution in [0.3, 0.4) is 0 Å². The van der Waals surface area contributed by atoms with Gasteiger partial charge in [-0.1, -0.05) is 56.9 Å². The zero-order chi connectivity index (χ0) is 20.6. The Morgan fingerprint density at radius 1 is 1.36 bits per heavy atom. The number of ether oxygens (including phenoxy) is 2. The maximum Gasteiger partial charge on any atom is 0.330 e. The summed E-state index contributed by atoms with van der Waals surface area (Å²) in [5.41, 5.74) is 1.01. The van der Waals surface area contributed by atoms with Crippen molar-refractivity contribution in [2.24, 2.45) is 0 Å². The Morgan fingerprint density at radius 2 is 2.11 bits per heavy atom. The van der Waals surface area contributed by atoms with Gasteiger partial charge in [-0.3, -0.25) is 4.79 Å².